The predicted octanol–water partition coefficient (Wildman–Crippen LogP) is 16.1. The van der Waals surface area contributed by atoms with Crippen molar-refractivity contribution >= 4 is 21.8 Å². The number of halogens is 6. The van der Waals surface area contributed by atoms with Crippen LogP contribution >= 0.6 is 0 Å². The highest BCUT2D eigenvalue weighted by atomic mass is 19.4. The second-order valence-corrected chi connectivity index (χ2v) is 16.5. The van der Waals surface area contributed by atoms with Crippen molar-refractivity contribution in [3.05, 3.63) is 223 Å². The first-order valence-electron chi connectivity index (χ1n) is 21.9. The number of hydrogen-bond donors (Lipinski definition) is 0. The summed E-state index contributed by atoms with van der Waals surface area (Å²) in [6.07, 6.45) is -10.1. The normalized spacial score (nSPS) is 11.9. The highest BCUT2D eigenvalue weighted by Gasteiger charge is 2.38. The molecule has 11 aromatic rings. The Labute approximate surface area is 391 Å². The smallest absolute Gasteiger partial charge is 0.309 e. The van der Waals surface area contributed by atoms with Crippen molar-refractivity contribution in [2.24, 2.45) is 0 Å². The van der Waals surface area contributed by atoms with Gasteiger partial charge in [-0.25, -0.2) is 19.9 Å². The van der Waals surface area contributed by atoms with Crippen molar-refractivity contribution < 1.29 is 26.3 Å². The summed E-state index contributed by atoms with van der Waals surface area (Å²) >= 11 is 0. The third-order valence-electron chi connectivity index (χ3n) is 12.1. The molecule has 69 heavy (non-hydrogen) atoms. The van der Waals surface area contributed by atoms with Crippen LogP contribution < -0.4 is 0 Å². The number of fused-ring (bicyclic) bond motifs is 3. The summed E-state index contributed by atoms with van der Waals surface area (Å²) in [5.41, 5.74) is 6.09. The van der Waals surface area contributed by atoms with Crippen molar-refractivity contribution in [3.63, 3.8) is 0 Å². The summed E-state index contributed by atoms with van der Waals surface area (Å²) in [6.45, 7) is 0. The Morgan fingerprint density at radius 2 is 0.797 bits per heavy atom. The zero-order chi connectivity index (χ0) is 47.3. The van der Waals surface area contributed by atoms with Gasteiger partial charge in [0.05, 0.1) is 50.6 Å². The molecule has 0 amide bonds. The van der Waals surface area contributed by atoms with Crippen LogP contribution in [0.15, 0.2) is 212 Å². The first-order valence-corrected chi connectivity index (χ1v) is 21.9. The quantitative estimate of drug-likeness (QED) is 0.143. The lowest BCUT2D eigenvalue weighted by molar-refractivity contribution is -0.142. The van der Waals surface area contributed by atoms with Crippen LogP contribution in [0.4, 0.5) is 26.3 Å². The third-order valence-corrected chi connectivity index (χ3v) is 12.1. The SMILES string of the molecule is FC(F)(F)c1ccc(-c2ccc3c4ccccc4n(-c4ccc(-c5cc(-c6ccccc6)nc(-c6ccccc6)n5)cc4-c4cc(-c5ccccc5)nc(-c5ccccc5)n4)c3c2)c(C(F)(F)F)c1. The zero-order valence-corrected chi connectivity index (χ0v) is 36.2. The highest BCUT2D eigenvalue weighted by Crippen LogP contribution is 2.44. The van der Waals surface area contributed by atoms with E-state index in [1.54, 1.807) is 12.1 Å². The molecule has 0 N–H and O–H groups in total. The molecule has 0 aliphatic carbocycles. The van der Waals surface area contributed by atoms with E-state index < -0.39 is 23.5 Å². The standard InChI is InChI=1S/C58H35F6N5/c59-57(60,61)42-27-29-43(47(33-42)58(62,63)64)40-25-28-45-44-23-13-14-24-52(44)69(54(45)32-40)53-30-26-41(50-34-48(36-15-5-1-6-16-36)65-55(67-50)38-19-9-3-10-20-38)31-46(53)51-35-49(37-17-7-2-8-18-37)66-56(68-51)39-21-11-4-12-22-39/h1-35H. The maximum atomic E-state index is 14.7. The first-order chi connectivity index (χ1) is 33.5. The minimum Gasteiger partial charge on any atom is -0.309 e. The lowest BCUT2D eigenvalue weighted by atomic mass is 9.96. The van der Waals surface area contributed by atoms with Crippen molar-refractivity contribution in [1.82, 2.24) is 24.5 Å². The summed E-state index contributed by atoms with van der Waals surface area (Å²) < 4.78 is 87.6. The maximum Gasteiger partial charge on any atom is 0.417 e. The summed E-state index contributed by atoms with van der Waals surface area (Å²) in [5, 5.41) is 1.53. The average Bonchev–Trinajstić information content (AvgIpc) is 3.72. The Kier molecular flexibility index (Phi) is 10.7. The minimum absolute atomic E-state index is 0.0911. The van der Waals surface area contributed by atoms with Gasteiger partial charge in [0.15, 0.2) is 11.6 Å². The molecule has 0 fully saturated rings. The number of benzene rings is 8. The molecule has 0 saturated carbocycles. The molecule has 0 unspecified atom stereocenters. The van der Waals surface area contributed by atoms with Gasteiger partial charge in [0.25, 0.3) is 0 Å². The van der Waals surface area contributed by atoms with E-state index in [2.05, 4.69) is 0 Å². The van der Waals surface area contributed by atoms with Gasteiger partial charge in [0.2, 0.25) is 0 Å². The van der Waals surface area contributed by atoms with Crippen LogP contribution in [0.1, 0.15) is 11.1 Å². The molecule has 3 heterocycles. The topological polar surface area (TPSA) is 56.5 Å². The first kappa shape index (κ1) is 42.9. The van der Waals surface area contributed by atoms with Crippen molar-refractivity contribution in [2.75, 3.05) is 0 Å². The Morgan fingerprint density at radius 3 is 1.36 bits per heavy atom. The van der Waals surface area contributed by atoms with Gasteiger partial charge >= 0.3 is 12.4 Å². The van der Waals surface area contributed by atoms with E-state index in [1.165, 1.54) is 6.07 Å². The van der Waals surface area contributed by atoms with Crippen LogP contribution in [0.2, 0.25) is 0 Å². The van der Waals surface area contributed by atoms with Crippen molar-refractivity contribution in [1.29, 1.82) is 0 Å². The van der Waals surface area contributed by atoms with Gasteiger partial charge in [0.1, 0.15) is 0 Å². The number of aromatic nitrogens is 5. The molecular weight excluding hydrogens is 881 g/mol. The zero-order valence-electron chi connectivity index (χ0n) is 36.2. The van der Waals surface area contributed by atoms with Crippen LogP contribution in [-0.2, 0) is 12.4 Å². The van der Waals surface area contributed by atoms with Gasteiger partial charge in [-0.3, -0.25) is 0 Å². The van der Waals surface area contributed by atoms with Crippen LogP contribution in [0.25, 0.3) is 106 Å². The van der Waals surface area contributed by atoms with Gasteiger partial charge < -0.3 is 4.57 Å². The molecule has 11 rings (SSSR count). The van der Waals surface area contributed by atoms with Crippen LogP contribution in [0.3, 0.4) is 0 Å². The van der Waals surface area contributed by atoms with E-state index in [0.717, 1.165) is 50.2 Å². The highest BCUT2D eigenvalue weighted by molar-refractivity contribution is 6.11. The molecule has 0 radical (unpaired) electrons. The van der Waals surface area contributed by atoms with Crippen LogP contribution in [-0.4, -0.2) is 24.5 Å². The fourth-order valence-electron chi connectivity index (χ4n) is 8.83. The lowest BCUT2D eigenvalue weighted by Gasteiger charge is -2.18. The molecule has 0 spiro atoms. The predicted molar refractivity (Wildman–Crippen MR) is 260 cm³/mol. The molecule has 3 aromatic heterocycles. The molecule has 0 aliphatic rings. The second kappa shape index (κ2) is 17.2. The van der Waals surface area contributed by atoms with Crippen molar-refractivity contribution in [3.8, 4) is 84.6 Å². The largest absolute Gasteiger partial charge is 0.417 e. The Morgan fingerprint density at radius 1 is 0.319 bits per heavy atom. The number of para-hydroxylation sites is 1. The van der Waals surface area contributed by atoms with E-state index in [9.17, 15) is 26.3 Å². The van der Waals surface area contributed by atoms with Gasteiger partial charge in [-0.15, -0.1) is 0 Å². The number of alkyl halides is 6. The third kappa shape index (κ3) is 8.28. The molecule has 8 aromatic carbocycles. The molecular formula is C58H35F6N5. The summed E-state index contributed by atoms with van der Waals surface area (Å²) in [7, 11) is 0. The van der Waals surface area contributed by atoms with E-state index in [0.29, 0.717) is 57.3 Å². The Hall–Kier alpha value is -8.70. The molecule has 0 bridgehead atoms. The Balaban J connectivity index is 1.21. The molecule has 0 atom stereocenters. The number of nitrogens with zero attached hydrogens (tertiary/aromatic N) is 5. The van der Waals surface area contributed by atoms with E-state index in [1.807, 2.05) is 180 Å². The maximum absolute atomic E-state index is 14.7. The fourth-order valence-corrected chi connectivity index (χ4v) is 8.83. The molecule has 0 saturated heterocycles. The van der Waals surface area contributed by atoms with E-state index >= 15 is 0 Å². The van der Waals surface area contributed by atoms with Gasteiger partial charge in [-0.1, -0.05) is 164 Å². The molecule has 11 heteroatoms. The monoisotopic (exact) mass is 915 g/mol. The van der Waals surface area contributed by atoms with Gasteiger partial charge in [-0.05, 0) is 59.7 Å². The number of rotatable bonds is 8. The molecule has 334 valence electrons. The van der Waals surface area contributed by atoms with Crippen molar-refractivity contribution in [2.45, 2.75) is 12.4 Å². The van der Waals surface area contributed by atoms with E-state index in [-0.39, 0.29) is 17.2 Å². The Bertz CT molecular complexity index is 3570. The van der Waals surface area contributed by atoms with Gasteiger partial charge in [0, 0.05) is 44.2 Å². The lowest BCUT2D eigenvalue weighted by Crippen LogP contribution is -2.12. The van der Waals surface area contributed by atoms with Crippen LogP contribution in [0.5, 0.6) is 0 Å². The van der Waals surface area contributed by atoms with Crippen LogP contribution in [0, 0.1) is 0 Å². The summed E-state index contributed by atoms with van der Waals surface area (Å²) in [6, 6.07) is 62.9. The second-order valence-electron chi connectivity index (χ2n) is 16.5. The minimum atomic E-state index is -5.08. The number of hydrogen-bond acceptors (Lipinski definition) is 4. The average molecular weight is 916 g/mol. The summed E-state index contributed by atoms with van der Waals surface area (Å²) in [4.78, 5) is 20.5. The molecule has 5 nitrogen and oxygen atoms in total. The van der Waals surface area contributed by atoms with E-state index in [4.69, 9.17) is 19.9 Å². The molecule has 0 aliphatic heterocycles. The van der Waals surface area contributed by atoms with Gasteiger partial charge in [-0.2, -0.15) is 26.3 Å². The summed E-state index contributed by atoms with van der Waals surface area (Å²) in [5.74, 6) is 0.989. The fraction of sp³-hybridized carbons (Fsp3) is 0.0345.